The van der Waals surface area contributed by atoms with Gasteiger partial charge in [-0.1, -0.05) is 12.8 Å². The molecule has 0 saturated heterocycles. The van der Waals surface area contributed by atoms with Crippen LogP contribution in [0.15, 0.2) is 0 Å². The van der Waals surface area contributed by atoms with Crippen LogP contribution in [0.3, 0.4) is 0 Å². The first-order valence-corrected chi connectivity index (χ1v) is 5.48. The van der Waals surface area contributed by atoms with E-state index >= 15 is 0 Å². The summed E-state index contributed by atoms with van der Waals surface area (Å²) in [4.78, 5) is 22.7. The van der Waals surface area contributed by atoms with E-state index in [1.54, 1.807) is 0 Å². The quantitative estimate of drug-likeness (QED) is 0.683. The van der Waals surface area contributed by atoms with Gasteiger partial charge in [-0.25, -0.2) is 0 Å². The molecule has 5 nitrogen and oxygen atoms in total. The molecule has 1 fully saturated rings. The van der Waals surface area contributed by atoms with E-state index in [1.807, 2.05) is 6.07 Å². The van der Waals surface area contributed by atoms with Crippen molar-refractivity contribution in [1.29, 1.82) is 5.26 Å². The summed E-state index contributed by atoms with van der Waals surface area (Å²) < 4.78 is 0. The molecular weight excluding hydrogens is 208 g/mol. The first-order chi connectivity index (χ1) is 7.60. The summed E-state index contributed by atoms with van der Waals surface area (Å²) in [7, 11) is 0. The van der Waals surface area contributed by atoms with Gasteiger partial charge in [-0.15, -0.1) is 0 Å². The summed E-state index contributed by atoms with van der Waals surface area (Å²) in [5.74, 6) is -1.14. The van der Waals surface area contributed by atoms with E-state index in [0.29, 0.717) is 19.4 Å². The van der Waals surface area contributed by atoms with Crippen molar-refractivity contribution < 1.29 is 14.7 Å². The molecule has 0 atom stereocenters. The third kappa shape index (κ3) is 2.96. The number of nitrogens with zero attached hydrogens (tertiary/aromatic N) is 1. The molecule has 0 aromatic heterocycles. The Kier molecular flexibility index (Phi) is 4.29. The van der Waals surface area contributed by atoms with E-state index in [9.17, 15) is 9.59 Å². The van der Waals surface area contributed by atoms with E-state index < -0.39 is 11.4 Å². The summed E-state index contributed by atoms with van der Waals surface area (Å²) in [6, 6.07) is 1.92. The molecule has 0 aromatic carbocycles. The second-order valence-electron chi connectivity index (χ2n) is 4.23. The molecule has 0 radical (unpaired) electrons. The Bertz CT molecular complexity index is 314. The smallest absolute Gasteiger partial charge is 0.310 e. The summed E-state index contributed by atoms with van der Waals surface area (Å²) in [5.41, 5.74) is -0.864. The maximum absolute atomic E-state index is 11.5. The zero-order valence-electron chi connectivity index (χ0n) is 9.16. The number of nitriles is 1. The maximum atomic E-state index is 11.5. The first-order valence-electron chi connectivity index (χ1n) is 5.48. The van der Waals surface area contributed by atoms with Crippen molar-refractivity contribution in [2.24, 2.45) is 5.41 Å². The fourth-order valence-corrected chi connectivity index (χ4v) is 2.15. The standard InChI is InChI=1S/C11H16N2O3/c12-6-3-7-13-9(14)8-11(10(15)16)4-1-2-5-11/h1-5,7-8H2,(H,13,14)(H,15,16). The molecule has 0 aliphatic heterocycles. The van der Waals surface area contributed by atoms with Crippen molar-refractivity contribution in [1.82, 2.24) is 5.32 Å². The maximum Gasteiger partial charge on any atom is 0.310 e. The van der Waals surface area contributed by atoms with Gasteiger partial charge < -0.3 is 10.4 Å². The average Bonchev–Trinajstić information content (AvgIpc) is 2.68. The van der Waals surface area contributed by atoms with Gasteiger partial charge in [0, 0.05) is 13.0 Å². The Morgan fingerprint density at radius 1 is 1.38 bits per heavy atom. The number of rotatable bonds is 5. The zero-order valence-corrected chi connectivity index (χ0v) is 9.16. The Morgan fingerprint density at radius 3 is 2.50 bits per heavy atom. The number of carboxylic acid groups (broad SMARTS) is 1. The summed E-state index contributed by atoms with van der Waals surface area (Å²) in [6.45, 7) is 0.297. The van der Waals surface area contributed by atoms with Crippen molar-refractivity contribution in [3.05, 3.63) is 0 Å². The number of aliphatic carboxylic acids is 1. The van der Waals surface area contributed by atoms with Gasteiger partial charge in [0.1, 0.15) is 0 Å². The van der Waals surface area contributed by atoms with Gasteiger partial charge in [0.15, 0.2) is 0 Å². The van der Waals surface area contributed by atoms with Gasteiger partial charge in [0.25, 0.3) is 0 Å². The lowest BCUT2D eigenvalue weighted by Gasteiger charge is -2.22. The lowest BCUT2D eigenvalue weighted by Crippen LogP contribution is -2.36. The highest BCUT2D eigenvalue weighted by Gasteiger charge is 2.42. The van der Waals surface area contributed by atoms with Crippen molar-refractivity contribution >= 4 is 11.9 Å². The Hall–Kier alpha value is -1.57. The van der Waals surface area contributed by atoms with Crippen LogP contribution in [0.25, 0.3) is 0 Å². The van der Waals surface area contributed by atoms with E-state index in [2.05, 4.69) is 5.32 Å². The molecular formula is C11H16N2O3. The molecule has 0 heterocycles. The lowest BCUT2D eigenvalue weighted by molar-refractivity contribution is -0.151. The SMILES string of the molecule is N#CCCNC(=O)CC1(C(=O)O)CCCC1. The number of hydrogen-bond donors (Lipinski definition) is 2. The highest BCUT2D eigenvalue weighted by molar-refractivity contribution is 5.85. The minimum absolute atomic E-state index is 0.0355. The van der Waals surface area contributed by atoms with Crippen molar-refractivity contribution in [3.8, 4) is 6.07 Å². The fourth-order valence-electron chi connectivity index (χ4n) is 2.15. The number of nitrogens with one attached hydrogen (secondary N) is 1. The van der Waals surface area contributed by atoms with Crippen LogP contribution < -0.4 is 5.32 Å². The predicted molar refractivity (Wildman–Crippen MR) is 56.4 cm³/mol. The third-order valence-corrected chi connectivity index (χ3v) is 3.07. The van der Waals surface area contributed by atoms with E-state index in [0.717, 1.165) is 12.8 Å². The molecule has 5 heteroatoms. The van der Waals surface area contributed by atoms with Crippen molar-refractivity contribution in [2.45, 2.75) is 38.5 Å². The van der Waals surface area contributed by atoms with Crippen LogP contribution in [-0.2, 0) is 9.59 Å². The lowest BCUT2D eigenvalue weighted by atomic mass is 9.82. The zero-order chi connectivity index (χ0) is 12.0. The fraction of sp³-hybridized carbons (Fsp3) is 0.727. The molecule has 88 valence electrons. The molecule has 1 rings (SSSR count). The summed E-state index contributed by atoms with van der Waals surface area (Å²) in [5, 5.41) is 20.0. The van der Waals surface area contributed by atoms with E-state index in [4.69, 9.17) is 10.4 Å². The highest BCUT2D eigenvalue weighted by Crippen LogP contribution is 2.41. The topological polar surface area (TPSA) is 90.2 Å². The van der Waals surface area contributed by atoms with Crippen LogP contribution in [0, 0.1) is 16.7 Å². The molecule has 1 saturated carbocycles. The Balaban J connectivity index is 2.47. The monoisotopic (exact) mass is 224 g/mol. The molecule has 0 spiro atoms. The molecule has 0 bridgehead atoms. The number of carboxylic acids is 1. The molecule has 0 aromatic rings. The van der Waals surface area contributed by atoms with Gasteiger partial charge in [-0.2, -0.15) is 5.26 Å². The predicted octanol–water partition coefficient (Wildman–Crippen LogP) is 1.05. The molecule has 1 amide bonds. The average molecular weight is 224 g/mol. The van der Waals surface area contributed by atoms with E-state index in [-0.39, 0.29) is 18.7 Å². The number of amides is 1. The molecule has 0 unspecified atom stereocenters. The Labute approximate surface area is 94.4 Å². The molecule has 1 aliphatic carbocycles. The summed E-state index contributed by atoms with van der Waals surface area (Å²) in [6.07, 6.45) is 3.19. The first kappa shape index (κ1) is 12.5. The van der Waals surface area contributed by atoms with Crippen molar-refractivity contribution in [3.63, 3.8) is 0 Å². The number of carbonyl (C=O) groups excluding carboxylic acids is 1. The van der Waals surface area contributed by atoms with Crippen LogP contribution in [0.4, 0.5) is 0 Å². The third-order valence-electron chi connectivity index (χ3n) is 3.07. The number of hydrogen-bond acceptors (Lipinski definition) is 3. The highest BCUT2D eigenvalue weighted by atomic mass is 16.4. The normalized spacial score (nSPS) is 17.7. The second kappa shape index (κ2) is 5.50. The van der Waals surface area contributed by atoms with Crippen LogP contribution >= 0.6 is 0 Å². The minimum Gasteiger partial charge on any atom is -0.481 e. The van der Waals surface area contributed by atoms with Gasteiger partial charge in [0.05, 0.1) is 17.9 Å². The molecule has 1 aliphatic rings. The molecule has 2 N–H and O–H groups in total. The van der Waals surface area contributed by atoms with Crippen LogP contribution in [0.2, 0.25) is 0 Å². The second-order valence-corrected chi connectivity index (χ2v) is 4.23. The summed E-state index contributed by atoms with van der Waals surface area (Å²) >= 11 is 0. The van der Waals surface area contributed by atoms with Crippen molar-refractivity contribution in [2.75, 3.05) is 6.54 Å². The van der Waals surface area contributed by atoms with Gasteiger partial charge in [0.2, 0.25) is 5.91 Å². The largest absolute Gasteiger partial charge is 0.481 e. The van der Waals surface area contributed by atoms with Gasteiger partial charge in [-0.05, 0) is 12.8 Å². The Morgan fingerprint density at radius 2 is 2.00 bits per heavy atom. The van der Waals surface area contributed by atoms with Gasteiger partial charge >= 0.3 is 5.97 Å². The van der Waals surface area contributed by atoms with Crippen LogP contribution in [0.1, 0.15) is 38.5 Å². The molecule has 16 heavy (non-hydrogen) atoms. The number of carbonyl (C=O) groups is 2. The van der Waals surface area contributed by atoms with E-state index in [1.165, 1.54) is 0 Å². The van der Waals surface area contributed by atoms with Crippen LogP contribution in [-0.4, -0.2) is 23.5 Å². The van der Waals surface area contributed by atoms with Gasteiger partial charge in [-0.3, -0.25) is 9.59 Å². The minimum atomic E-state index is -0.875. The van der Waals surface area contributed by atoms with Crippen LogP contribution in [0.5, 0.6) is 0 Å².